The molecule has 1 aromatic rings. The molecule has 1 aromatic heterocycles. The number of carbonyl (C=O) groups is 2. The number of amides is 1. The van der Waals surface area contributed by atoms with Crippen LogP contribution in [-0.4, -0.2) is 43.3 Å². The van der Waals surface area contributed by atoms with E-state index in [-0.39, 0.29) is 23.7 Å². The van der Waals surface area contributed by atoms with Crippen LogP contribution in [0.15, 0.2) is 17.2 Å². The number of nitrogens with two attached hydrogens (primary N) is 1. The van der Waals surface area contributed by atoms with Crippen LogP contribution >= 0.6 is 0 Å². The second-order valence-electron chi connectivity index (χ2n) is 4.12. The fourth-order valence-electron chi connectivity index (χ4n) is 1.65. The second kappa shape index (κ2) is 7.09. The number of primary amides is 1. The number of hydrogen-bond donors (Lipinski definition) is 3. The van der Waals surface area contributed by atoms with Crippen molar-refractivity contribution in [2.45, 2.75) is 24.8 Å². The number of aryl methyl sites for hydroxylation is 1. The lowest BCUT2D eigenvalue weighted by atomic mass is 10.4. The van der Waals surface area contributed by atoms with Gasteiger partial charge in [-0.15, -0.1) is 0 Å². The third kappa shape index (κ3) is 4.76. The summed E-state index contributed by atoms with van der Waals surface area (Å²) in [6.07, 6.45) is 0.912. The maximum atomic E-state index is 12.0. The van der Waals surface area contributed by atoms with E-state index in [0.29, 0.717) is 13.0 Å². The minimum atomic E-state index is -3.88. The maximum Gasteiger partial charge on any atom is 0.404 e. The molecule has 4 N–H and O–H groups in total. The van der Waals surface area contributed by atoms with E-state index in [1.54, 1.807) is 0 Å². The number of aromatic carboxylic acids is 1. The molecule has 0 radical (unpaired) electrons. The molecule has 0 bridgehead atoms. The van der Waals surface area contributed by atoms with Crippen molar-refractivity contribution < 1.29 is 27.9 Å². The van der Waals surface area contributed by atoms with Crippen LogP contribution in [0.3, 0.4) is 0 Å². The highest BCUT2D eigenvalue weighted by molar-refractivity contribution is 7.89. The summed E-state index contributed by atoms with van der Waals surface area (Å²) < 4.78 is 31.9. The van der Waals surface area contributed by atoms with Gasteiger partial charge in [0, 0.05) is 19.3 Å². The number of aromatic nitrogens is 1. The molecule has 0 aliphatic rings. The van der Waals surface area contributed by atoms with Gasteiger partial charge < -0.3 is 20.1 Å². The molecule has 1 rings (SSSR count). The Morgan fingerprint density at radius 1 is 1.48 bits per heavy atom. The highest BCUT2D eigenvalue weighted by atomic mass is 32.2. The normalized spacial score (nSPS) is 11.3. The topological polar surface area (TPSA) is 141 Å². The smallest absolute Gasteiger partial charge is 0.404 e. The van der Waals surface area contributed by atoms with Gasteiger partial charge in [-0.3, -0.25) is 0 Å². The molecular weight excluding hydrogens is 302 g/mol. The van der Waals surface area contributed by atoms with Crippen molar-refractivity contribution in [3.8, 4) is 0 Å². The Morgan fingerprint density at radius 2 is 2.14 bits per heavy atom. The summed E-state index contributed by atoms with van der Waals surface area (Å²) in [5, 5.41) is 9.04. The second-order valence-corrected chi connectivity index (χ2v) is 5.89. The minimum absolute atomic E-state index is 0.106. The highest BCUT2D eigenvalue weighted by Gasteiger charge is 2.20. The van der Waals surface area contributed by atoms with Crippen molar-refractivity contribution in [2.75, 3.05) is 13.2 Å². The van der Waals surface area contributed by atoms with Crippen molar-refractivity contribution in [1.29, 1.82) is 0 Å². The number of ether oxygens (including phenoxy) is 1. The Hall–Kier alpha value is -2.07. The molecule has 21 heavy (non-hydrogen) atoms. The van der Waals surface area contributed by atoms with Crippen molar-refractivity contribution in [3.05, 3.63) is 18.0 Å². The monoisotopic (exact) mass is 319 g/mol. The summed E-state index contributed by atoms with van der Waals surface area (Å²) in [4.78, 5) is 21.2. The van der Waals surface area contributed by atoms with Crippen molar-refractivity contribution in [3.63, 3.8) is 0 Å². The Morgan fingerprint density at radius 3 is 2.67 bits per heavy atom. The zero-order valence-corrected chi connectivity index (χ0v) is 12.2. The number of rotatable bonds is 8. The van der Waals surface area contributed by atoms with Crippen LogP contribution in [0.4, 0.5) is 4.79 Å². The summed E-state index contributed by atoms with van der Waals surface area (Å²) in [7, 11) is -3.88. The molecule has 0 unspecified atom stereocenters. The number of nitrogens with one attached hydrogen (secondary N) is 1. The zero-order chi connectivity index (χ0) is 16.0. The van der Waals surface area contributed by atoms with Gasteiger partial charge >= 0.3 is 12.1 Å². The summed E-state index contributed by atoms with van der Waals surface area (Å²) in [5.41, 5.74) is 4.63. The van der Waals surface area contributed by atoms with E-state index in [0.717, 1.165) is 6.07 Å². The van der Waals surface area contributed by atoms with Gasteiger partial charge in [0.2, 0.25) is 10.0 Å². The summed E-state index contributed by atoms with van der Waals surface area (Å²) in [6.45, 7) is 1.86. The van der Waals surface area contributed by atoms with Gasteiger partial charge in [0.15, 0.2) is 0 Å². The molecule has 118 valence electrons. The maximum absolute atomic E-state index is 12.0. The molecule has 9 nitrogen and oxygen atoms in total. The molecule has 0 spiro atoms. The third-order valence-corrected chi connectivity index (χ3v) is 3.93. The zero-order valence-electron chi connectivity index (χ0n) is 11.4. The van der Waals surface area contributed by atoms with Gasteiger partial charge in [-0.2, -0.15) is 0 Å². The largest absolute Gasteiger partial charge is 0.477 e. The van der Waals surface area contributed by atoms with Gasteiger partial charge in [0.1, 0.15) is 17.2 Å². The average Bonchev–Trinajstić information content (AvgIpc) is 2.80. The van der Waals surface area contributed by atoms with Crippen LogP contribution in [0.5, 0.6) is 0 Å². The van der Waals surface area contributed by atoms with Gasteiger partial charge in [0.25, 0.3) is 0 Å². The highest BCUT2D eigenvalue weighted by Crippen LogP contribution is 2.15. The summed E-state index contributed by atoms with van der Waals surface area (Å²) in [5.74, 6) is -1.21. The van der Waals surface area contributed by atoms with Gasteiger partial charge in [-0.1, -0.05) is 6.92 Å². The lowest BCUT2D eigenvalue weighted by Crippen LogP contribution is -2.29. The summed E-state index contributed by atoms with van der Waals surface area (Å²) >= 11 is 0. The first-order valence-electron chi connectivity index (χ1n) is 6.13. The van der Waals surface area contributed by atoms with Gasteiger partial charge in [0.05, 0.1) is 0 Å². The number of carboxylic acids is 1. The molecule has 0 aliphatic heterocycles. The third-order valence-electron chi connectivity index (χ3n) is 2.50. The Bertz CT molecular complexity index is 622. The average molecular weight is 319 g/mol. The molecule has 0 saturated carbocycles. The lowest BCUT2D eigenvalue weighted by molar-refractivity contribution is 0.0685. The molecule has 1 amide bonds. The van der Waals surface area contributed by atoms with Crippen molar-refractivity contribution >= 4 is 22.1 Å². The molecule has 0 saturated heterocycles. The van der Waals surface area contributed by atoms with Crippen LogP contribution in [0, 0.1) is 0 Å². The number of hydrogen-bond acceptors (Lipinski definition) is 5. The van der Waals surface area contributed by atoms with Crippen LogP contribution in [-0.2, 0) is 21.3 Å². The molecule has 0 fully saturated rings. The Balaban J connectivity index is 2.85. The van der Waals surface area contributed by atoms with Gasteiger partial charge in [-0.05, 0) is 12.5 Å². The first kappa shape index (κ1) is 17.0. The molecular formula is C11H17N3O6S. The van der Waals surface area contributed by atoms with Crippen molar-refractivity contribution in [1.82, 2.24) is 9.29 Å². The van der Waals surface area contributed by atoms with E-state index in [2.05, 4.69) is 9.46 Å². The number of sulfonamides is 1. The van der Waals surface area contributed by atoms with E-state index in [4.69, 9.17) is 10.8 Å². The van der Waals surface area contributed by atoms with E-state index in [1.165, 1.54) is 10.8 Å². The van der Waals surface area contributed by atoms with E-state index >= 15 is 0 Å². The van der Waals surface area contributed by atoms with Crippen LogP contribution in [0.1, 0.15) is 23.8 Å². The molecule has 10 heteroatoms. The number of carbonyl (C=O) groups excluding carboxylic acids is 1. The first-order chi connectivity index (χ1) is 9.77. The lowest BCUT2D eigenvalue weighted by Gasteiger charge is -2.05. The molecule has 0 atom stereocenters. The summed E-state index contributed by atoms with van der Waals surface area (Å²) in [6, 6.07) is 1.08. The predicted octanol–water partition coefficient (Wildman–Crippen LogP) is -0.0301. The fourth-order valence-corrected chi connectivity index (χ4v) is 2.70. The minimum Gasteiger partial charge on any atom is -0.477 e. The van der Waals surface area contributed by atoms with Crippen LogP contribution in [0.25, 0.3) is 0 Å². The standard InChI is InChI=1S/C11H17N3O6S/c1-2-4-14-7-8(6-9(14)10(15)16)21(18,19)13-3-5-20-11(12)17/h6-7,13H,2-5H2,1H3,(H2,12,17)(H,15,16). The Kier molecular flexibility index (Phi) is 5.73. The van der Waals surface area contributed by atoms with E-state index in [1.807, 2.05) is 6.92 Å². The molecule has 1 heterocycles. The van der Waals surface area contributed by atoms with Crippen LogP contribution in [0.2, 0.25) is 0 Å². The SMILES string of the molecule is CCCn1cc(S(=O)(=O)NCCOC(N)=O)cc1C(=O)O. The van der Waals surface area contributed by atoms with Gasteiger partial charge in [-0.25, -0.2) is 22.7 Å². The van der Waals surface area contributed by atoms with Crippen molar-refractivity contribution in [2.24, 2.45) is 5.73 Å². The number of carboxylic acid groups (broad SMARTS) is 1. The quantitative estimate of drug-likeness (QED) is 0.575. The van der Waals surface area contributed by atoms with Crippen LogP contribution < -0.4 is 10.5 Å². The molecule has 0 aromatic carbocycles. The molecule has 0 aliphatic carbocycles. The van der Waals surface area contributed by atoms with E-state index < -0.39 is 22.1 Å². The van der Waals surface area contributed by atoms with E-state index in [9.17, 15) is 18.0 Å². The number of nitrogens with zero attached hydrogens (tertiary/aromatic N) is 1. The first-order valence-corrected chi connectivity index (χ1v) is 7.61. The predicted molar refractivity (Wildman–Crippen MR) is 72.4 cm³/mol. The fraction of sp³-hybridized carbons (Fsp3) is 0.455. The Labute approximate surface area is 121 Å².